The van der Waals surface area contributed by atoms with Crippen molar-refractivity contribution in [2.45, 2.75) is 37.2 Å². The number of nitrogens with zero attached hydrogens (tertiary/aromatic N) is 3. The van der Waals surface area contributed by atoms with Crippen LogP contribution in [0.5, 0.6) is 0 Å². The van der Waals surface area contributed by atoms with Crippen LogP contribution in [0.3, 0.4) is 0 Å². The first kappa shape index (κ1) is 14.2. The maximum absolute atomic E-state index is 8.22. The molecule has 1 aromatic carbocycles. The first-order valence-corrected chi connectivity index (χ1v) is 6.69. The third kappa shape index (κ3) is 4.40. The highest BCUT2D eigenvalue weighted by Crippen LogP contribution is 2.28. The van der Waals surface area contributed by atoms with E-state index in [0.717, 1.165) is 12.0 Å². The molecule has 0 spiro atoms. The van der Waals surface area contributed by atoms with Crippen molar-refractivity contribution in [3.05, 3.63) is 46.3 Å². The lowest BCUT2D eigenvalue weighted by atomic mass is 10.1. The summed E-state index contributed by atoms with van der Waals surface area (Å²) in [6.07, 6.45) is 1.31. The molecule has 19 heavy (non-hydrogen) atoms. The van der Waals surface area contributed by atoms with E-state index in [1.807, 2.05) is 30.3 Å². The van der Waals surface area contributed by atoms with Gasteiger partial charge in [0.2, 0.25) is 0 Å². The molecular weight excluding hydrogens is 266 g/mol. The maximum atomic E-state index is 8.22. The second kappa shape index (κ2) is 7.36. The molecule has 1 saturated heterocycles. The van der Waals surface area contributed by atoms with Gasteiger partial charge in [-0.05, 0) is 17.5 Å². The molecule has 1 heterocycles. The Bertz CT molecular complexity index is 437. The third-order valence-electron chi connectivity index (χ3n) is 3.03. The standard InChI is InChI=1S/C13H16ClN3O2/c14-13-12(8-11(19-13)6-7-16-17-15)18-9-10-4-2-1-3-5-10/h1-5,11-13H,6-9H2/t11-,12-,13?/m1/s1. The summed E-state index contributed by atoms with van der Waals surface area (Å²) in [5.74, 6) is 0. The Morgan fingerprint density at radius 3 is 2.95 bits per heavy atom. The Labute approximate surface area is 117 Å². The van der Waals surface area contributed by atoms with Crippen molar-refractivity contribution in [3.63, 3.8) is 0 Å². The smallest absolute Gasteiger partial charge is 0.157 e. The summed E-state index contributed by atoms with van der Waals surface area (Å²) in [6.45, 7) is 0.956. The molecule has 102 valence electrons. The van der Waals surface area contributed by atoms with Gasteiger partial charge in [-0.25, -0.2) is 0 Å². The molecule has 0 amide bonds. The summed E-state index contributed by atoms with van der Waals surface area (Å²) < 4.78 is 11.3. The number of azide groups is 1. The average Bonchev–Trinajstić information content (AvgIpc) is 2.78. The lowest BCUT2D eigenvalue weighted by Crippen LogP contribution is -2.18. The largest absolute Gasteiger partial charge is 0.369 e. The molecule has 0 aromatic heterocycles. The maximum Gasteiger partial charge on any atom is 0.157 e. The van der Waals surface area contributed by atoms with Crippen LogP contribution in [0.25, 0.3) is 10.4 Å². The van der Waals surface area contributed by atoms with Gasteiger partial charge >= 0.3 is 0 Å². The summed E-state index contributed by atoms with van der Waals surface area (Å²) >= 11 is 6.10. The van der Waals surface area contributed by atoms with Crippen LogP contribution in [0.15, 0.2) is 35.4 Å². The lowest BCUT2D eigenvalue weighted by molar-refractivity contribution is 0.00828. The molecule has 3 atom stereocenters. The van der Waals surface area contributed by atoms with Crippen molar-refractivity contribution in [1.82, 2.24) is 0 Å². The Morgan fingerprint density at radius 2 is 2.21 bits per heavy atom. The number of hydrogen-bond acceptors (Lipinski definition) is 3. The molecule has 1 aliphatic rings. The van der Waals surface area contributed by atoms with Crippen LogP contribution in [-0.4, -0.2) is 24.3 Å². The van der Waals surface area contributed by atoms with E-state index in [-0.39, 0.29) is 12.2 Å². The zero-order valence-electron chi connectivity index (χ0n) is 10.5. The molecule has 0 N–H and O–H groups in total. The van der Waals surface area contributed by atoms with Gasteiger partial charge in [0.15, 0.2) is 5.56 Å². The Kier molecular flexibility index (Phi) is 5.48. The van der Waals surface area contributed by atoms with Gasteiger partial charge in [0.1, 0.15) is 6.10 Å². The molecule has 1 aromatic rings. The fourth-order valence-corrected chi connectivity index (χ4v) is 2.37. The summed E-state index contributed by atoms with van der Waals surface area (Å²) in [5, 5.41) is 3.50. The van der Waals surface area contributed by atoms with E-state index in [2.05, 4.69) is 10.0 Å². The fraction of sp³-hybridized carbons (Fsp3) is 0.538. The predicted octanol–water partition coefficient (Wildman–Crippen LogP) is 3.63. The van der Waals surface area contributed by atoms with Crippen molar-refractivity contribution < 1.29 is 9.47 Å². The molecule has 0 aliphatic carbocycles. The van der Waals surface area contributed by atoms with E-state index in [1.165, 1.54) is 0 Å². The summed E-state index contributed by atoms with van der Waals surface area (Å²) in [5.41, 5.74) is 8.91. The van der Waals surface area contributed by atoms with Gasteiger partial charge in [0, 0.05) is 17.9 Å². The second-order valence-electron chi connectivity index (χ2n) is 4.42. The van der Waals surface area contributed by atoms with Crippen LogP contribution in [0, 0.1) is 0 Å². The highest BCUT2D eigenvalue weighted by molar-refractivity contribution is 6.20. The topological polar surface area (TPSA) is 67.2 Å². The van der Waals surface area contributed by atoms with E-state index in [1.54, 1.807) is 0 Å². The highest BCUT2D eigenvalue weighted by atomic mass is 35.5. The fourth-order valence-electron chi connectivity index (χ4n) is 2.05. The Balaban J connectivity index is 1.76. The summed E-state index contributed by atoms with van der Waals surface area (Å²) in [4.78, 5) is 2.72. The van der Waals surface area contributed by atoms with Crippen LogP contribution >= 0.6 is 11.6 Å². The van der Waals surface area contributed by atoms with Gasteiger partial charge in [0.05, 0.1) is 12.7 Å². The van der Waals surface area contributed by atoms with Crippen LogP contribution in [0.2, 0.25) is 0 Å². The van der Waals surface area contributed by atoms with Gasteiger partial charge in [-0.2, -0.15) is 0 Å². The van der Waals surface area contributed by atoms with Gasteiger partial charge < -0.3 is 9.47 Å². The van der Waals surface area contributed by atoms with Crippen LogP contribution < -0.4 is 0 Å². The lowest BCUT2D eigenvalue weighted by Gasteiger charge is -2.13. The van der Waals surface area contributed by atoms with Crippen molar-refractivity contribution in [1.29, 1.82) is 0 Å². The highest BCUT2D eigenvalue weighted by Gasteiger charge is 2.34. The van der Waals surface area contributed by atoms with Crippen LogP contribution in [0.1, 0.15) is 18.4 Å². The number of ether oxygens (including phenoxy) is 2. The third-order valence-corrected chi connectivity index (χ3v) is 3.42. The molecular formula is C13H16ClN3O2. The number of benzene rings is 1. The predicted molar refractivity (Wildman–Crippen MR) is 72.8 cm³/mol. The van der Waals surface area contributed by atoms with E-state index in [9.17, 15) is 0 Å². The monoisotopic (exact) mass is 281 g/mol. The van der Waals surface area contributed by atoms with Gasteiger partial charge in [-0.3, -0.25) is 0 Å². The van der Waals surface area contributed by atoms with Crippen molar-refractivity contribution in [3.8, 4) is 0 Å². The normalized spacial score (nSPS) is 26.1. The zero-order chi connectivity index (χ0) is 13.5. The molecule has 1 unspecified atom stereocenters. The number of alkyl halides is 1. The minimum Gasteiger partial charge on any atom is -0.369 e. The van der Waals surface area contributed by atoms with Crippen molar-refractivity contribution in [2.75, 3.05) is 6.54 Å². The molecule has 0 bridgehead atoms. The number of hydrogen-bond donors (Lipinski definition) is 0. The molecule has 5 nitrogen and oxygen atoms in total. The minimum absolute atomic E-state index is 0.00812. The molecule has 2 rings (SSSR count). The Morgan fingerprint density at radius 1 is 1.42 bits per heavy atom. The van der Waals surface area contributed by atoms with Gasteiger partial charge in [-0.15, -0.1) is 0 Å². The zero-order valence-corrected chi connectivity index (χ0v) is 11.2. The summed E-state index contributed by atoms with van der Waals surface area (Å²) in [6, 6.07) is 9.95. The first-order valence-electron chi connectivity index (χ1n) is 6.25. The summed E-state index contributed by atoms with van der Waals surface area (Å²) in [7, 11) is 0. The SMILES string of the molecule is [N-]=[N+]=NCC[C@@H]1C[C@@H](OCc2ccccc2)C(Cl)O1. The van der Waals surface area contributed by atoms with Crippen LogP contribution in [-0.2, 0) is 16.1 Å². The average molecular weight is 282 g/mol. The van der Waals surface area contributed by atoms with Crippen molar-refractivity contribution in [2.24, 2.45) is 5.11 Å². The van der Waals surface area contributed by atoms with Crippen molar-refractivity contribution >= 4 is 11.6 Å². The van der Waals surface area contributed by atoms with E-state index in [0.29, 0.717) is 19.6 Å². The van der Waals surface area contributed by atoms with E-state index < -0.39 is 5.56 Å². The second-order valence-corrected chi connectivity index (χ2v) is 4.85. The first-order chi connectivity index (χ1) is 9.29. The van der Waals surface area contributed by atoms with Gasteiger partial charge in [0.25, 0.3) is 0 Å². The van der Waals surface area contributed by atoms with Gasteiger partial charge in [-0.1, -0.05) is 47.0 Å². The number of rotatable bonds is 6. The Hall–Kier alpha value is -1.26. The van der Waals surface area contributed by atoms with E-state index >= 15 is 0 Å². The molecule has 1 fully saturated rings. The molecule has 0 radical (unpaired) electrons. The molecule has 0 saturated carbocycles. The molecule has 6 heteroatoms. The minimum atomic E-state index is -0.431. The number of halogens is 1. The van der Waals surface area contributed by atoms with E-state index in [4.69, 9.17) is 26.6 Å². The molecule has 1 aliphatic heterocycles. The van der Waals surface area contributed by atoms with Crippen LogP contribution in [0.4, 0.5) is 0 Å². The quantitative estimate of drug-likeness (QED) is 0.346.